The van der Waals surface area contributed by atoms with Gasteiger partial charge in [0.25, 0.3) is 0 Å². The summed E-state index contributed by atoms with van der Waals surface area (Å²) in [5.41, 5.74) is 6.85. The lowest BCUT2D eigenvalue weighted by Gasteiger charge is -2.08. The highest BCUT2D eigenvalue weighted by atomic mass is 16.4. The van der Waals surface area contributed by atoms with Crippen molar-refractivity contribution in [3.63, 3.8) is 0 Å². The minimum atomic E-state index is -0.818. The first-order chi connectivity index (χ1) is 16.1. The Labute approximate surface area is 191 Å². The number of carbonyl (C=O) groups is 1. The zero-order valence-corrected chi connectivity index (χ0v) is 18.8. The third-order valence-corrected chi connectivity index (χ3v) is 6.16. The van der Waals surface area contributed by atoms with Crippen molar-refractivity contribution in [3.05, 3.63) is 83.2 Å². The van der Waals surface area contributed by atoms with Crippen LogP contribution in [0.2, 0.25) is 0 Å². The third-order valence-electron chi connectivity index (χ3n) is 6.16. The van der Waals surface area contributed by atoms with Crippen LogP contribution in [0.1, 0.15) is 36.4 Å². The molecule has 0 radical (unpaired) electrons. The van der Waals surface area contributed by atoms with Gasteiger partial charge >= 0.3 is 5.97 Å². The monoisotopic (exact) mass is 438 g/mol. The number of carboxylic acid groups (broad SMARTS) is 1. The molecule has 6 nitrogen and oxygen atoms in total. The Kier molecular flexibility index (Phi) is 5.42. The second-order valence-corrected chi connectivity index (χ2v) is 8.31. The van der Waals surface area contributed by atoms with Crippen LogP contribution in [0.15, 0.2) is 60.7 Å². The molecule has 0 unspecified atom stereocenters. The summed E-state index contributed by atoms with van der Waals surface area (Å²) in [6.07, 6.45) is 1.50. The van der Waals surface area contributed by atoms with Gasteiger partial charge in [-0.1, -0.05) is 62.4 Å². The van der Waals surface area contributed by atoms with Crippen molar-refractivity contribution in [1.29, 1.82) is 0 Å². The molecule has 0 saturated heterocycles. The lowest BCUT2D eigenvalue weighted by Crippen LogP contribution is -2.08. The van der Waals surface area contributed by atoms with Gasteiger partial charge in [-0.3, -0.25) is 9.48 Å². The number of benzene rings is 3. The van der Waals surface area contributed by atoms with Gasteiger partial charge in [-0.25, -0.2) is 4.98 Å². The van der Waals surface area contributed by atoms with E-state index in [4.69, 9.17) is 10.1 Å². The quantitative estimate of drug-likeness (QED) is 0.357. The molecule has 6 heteroatoms. The number of aromatic nitrogens is 4. The number of aryl methyl sites for hydroxylation is 1. The second-order valence-electron chi connectivity index (χ2n) is 8.31. The first kappa shape index (κ1) is 20.9. The van der Waals surface area contributed by atoms with Gasteiger partial charge in [0.1, 0.15) is 5.82 Å². The SMILES string of the molecule is CCc1nn(Cc2ccc(-c3nc4cc5ccccc5cc4[nH]3)cc2)c(CC)c1CC(=O)O. The van der Waals surface area contributed by atoms with Crippen molar-refractivity contribution in [2.45, 2.75) is 39.7 Å². The van der Waals surface area contributed by atoms with Gasteiger partial charge in [-0.2, -0.15) is 5.10 Å². The van der Waals surface area contributed by atoms with Crippen molar-refractivity contribution in [2.75, 3.05) is 0 Å². The van der Waals surface area contributed by atoms with Crippen LogP contribution in [0.3, 0.4) is 0 Å². The number of carboxylic acids is 1. The lowest BCUT2D eigenvalue weighted by atomic mass is 10.1. The Morgan fingerprint density at radius 1 is 1.00 bits per heavy atom. The van der Waals surface area contributed by atoms with E-state index < -0.39 is 5.97 Å². The smallest absolute Gasteiger partial charge is 0.307 e. The minimum absolute atomic E-state index is 0.0202. The number of imidazole rings is 1. The number of nitrogens with zero attached hydrogens (tertiary/aromatic N) is 3. The Bertz CT molecular complexity index is 1410. The van der Waals surface area contributed by atoms with Gasteiger partial charge in [0, 0.05) is 16.8 Å². The fraction of sp³-hybridized carbons (Fsp3) is 0.222. The molecule has 0 aliphatic carbocycles. The highest BCUT2D eigenvalue weighted by Crippen LogP contribution is 2.26. The summed E-state index contributed by atoms with van der Waals surface area (Å²) in [5, 5.41) is 16.4. The van der Waals surface area contributed by atoms with Crippen LogP contribution < -0.4 is 0 Å². The van der Waals surface area contributed by atoms with Crippen LogP contribution in [0.5, 0.6) is 0 Å². The molecule has 0 bridgehead atoms. The van der Waals surface area contributed by atoms with Gasteiger partial charge < -0.3 is 10.1 Å². The highest BCUT2D eigenvalue weighted by Gasteiger charge is 2.18. The normalized spacial score (nSPS) is 11.5. The number of hydrogen-bond acceptors (Lipinski definition) is 3. The van der Waals surface area contributed by atoms with E-state index in [1.165, 1.54) is 10.8 Å². The third kappa shape index (κ3) is 4.00. The summed E-state index contributed by atoms with van der Waals surface area (Å²) in [5.74, 6) is 0.0271. The number of nitrogens with one attached hydrogen (secondary N) is 1. The summed E-state index contributed by atoms with van der Waals surface area (Å²) in [6, 6.07) is 20.9. The van der Waals surface area contributed by atoms with Gasteiger partial charge in [0.2, 0.25) is 0 Å². The Morgan fingerprint density at radius 2 is 1.73 bits per heavy atom. The van der Waals surface area contributed by atoms with E-state index in [1.807, 2.05) is 30.7 Å². The molecular formula is C27H26N4O2. The largest absolute Gasteiger partial charge is 0.481 e. The molecular weight excluding hydrogens is 412 g/mol. The summed E-state index contributed by atoms with van der Waals surface area (Å²) in [6.45, 7) is 4.68. The summed E-state index contributed by atoms with van der Waals surface area (Å²) < 4.78 is 1.96. The number of H-pyrrole nitrogens is 1. The Morgan fingerprint density at radius 3 is 2.39 bits per heavy atom. The standard InChI is InChI=1S/C27H26N4O2/c1-3-22-21(15-26(32)33)25(4-2)31(30-22)16-17-9-11-18(12-10-17)27-28-23-13-19-7-5-6-8-20(19)14-24(23)29-27/h5-14H,3-4,15-16H2,1-2H3,(H,28,29)(H,32,33). The number of hydrogen-bond donors (Lipinski definition) is 2. The average molecular weight is 439 g/mol. The molecule has 166 valence electrons. The van der Waals surface area contributed by atoms with Gasteiger partial charge in [0.15, 0.2) is 0 Å². The van der Waals surface area contributed by atoms with Crippen LogP contribution in [-0.2, 0) is 30.6 Å². The number of rotatable bonds is 7. The van der Waals surface area contributed by atoms with E-state index in [0.29, 0.717) is 6.54 Å². The van der Waals surface area contributed by atoms with E-state index in [0.717, 1.165) is 57.8 Å². The maximum Gasteiger partial charge on any atom is 0.307 e. The second kappa shape index (κ2) is 8.54. The van der Waals surface area contributed by atoms with E-state index >= 15 is 0 Å². The Balaban J connectivity index is 1.43. The maximum absolute atomic E-state index is 11.3. The molecule has 5 aromatic rings. The minimum Gasteiger partial charge on any atom is -0.481 e. The molecule has 2 heterocycles. The summed E-state index contributed by atoms with van der Waals surface area (Å²) in [7, 11) is 0. The van der Waals surface area contributed by atoms with Gasteiger partial charge in [0.05, 0.1) is 29.7 Å². The molecule has 0 aliphatic heterocycles. The molecule has 0 aliphatic rings. The van der Waals surface area contributed by atoms with Gasteiger partial charge in [-0.15, -0.1) is 0 Å². The zero-order chi connectivity index (χ0) is 22.9. The maximum atomic E-state index is 11.3. The van der Waals surface area contributed by atoms with E-state index in [9.17, 15) is 9.90 Å². The molecule has 0 amide bonds. The van der Waals surface area contributed by atoms with Crippen molar-refractivity contribution in [1.82, 2.24) is 19.7 Å². The summed E-state index contributed by atoms with van der Waals surface area (Å²) in [4.78, 5) is 19.6. The molecule has 33 heavy (non-hydrogen) atoms. The van der Waals surface area contributed by atoms with Crippen molar-refractivity contribution in [2.24, 2.45) is 0 Å². The molecule has 3 aromatic carbocycles. The summed E-state index contributed by atoms with van der Waals surface area (Å²) >= 11 is 0. The van der Waals surface area contributed by atoms with Gasteiger partial charge in [-0.05, 0) is 41.3 Å². The van der Waals surface area contributed by atoms with Crippen molar-refractivity contribution >= 4 is 27.8 Å². The topological polar surface area (TPSA) is 83.8 Å². The number of fused-ring (bicyclic) bond motifs is 2. The molecule has 0 atom stereocenters. The first-order valence-corrected chi connectivity index (χ1v) is 11.3. The molecule has 5 rings (SSSR count). The molecule has 0 spiro atoms. The fourth-order valence-corrected chi connectivity index (χ4v) is 4.53. The molecule has 2 N–H and O–H groups in total. The van der Waals surface area contributed by atoms with Crippen LogP contribution >= 0.6 is 0 Å². The van der Waals surface area contributed by atoms with Crippen LogP contribution in [0, 0.1) is 0 Å². The average Bonchev–Trinajstić information content (AvgIpc) is 3.37. The zero-order valence-electron chi connectivity index (χ0n) is 18.8. The van der Waals surface area contributed by atoms with Crippen molar-refractivity contribution < 1.29 is 9.90 Å². The van der Waals surface area contributed by atoms with E-state index in [-0.39, 0.29) is 6.42 Å². The van der Waals surface area contributed by atoms with Crippen LogP contribution in [-0.4, -0.2) is 30.8 Å². The number of aromatic amines is 1. The first-order valence-electron chi connectivity index (χ1n) is 11.3. The molecule has 0 fully saturated rings. The van der Waals surface area contributed by atoms with Crippen LogP contribution in [0.25, 0.3) is 33.2 Å². The predicted octanol–water partition coefficient (Wildman–Crippen LogP) is 5.38. The molecule has 2 aromatic heterocycles. The van der Waals surface area contributed by atoms with Crippen molar-refractivity contribution in [3.8, 4) is 11.4 Å². The Hall–Kier alpha value is -3.93. The molecule has 0 saturated carbocycles. The lowest BCUT2D eigenvalue weighted by molar-refractivity contribution is -0.136. The van der Waals surface area contributed by atoms with E-state index in [1.54, 1.807) is 0 Å². The number of aliphatic carboxylic acids is 1. The van der Waals surface area contributed by atoms with Crippen LogP contribution in [0.4, 0.5) is 0 Å². The predicted molar refractivity (Wildman–Crippen MR) is 130 cm³/mol. The highest BCUT2D eigenvalue weighted by molar-refractivity contribution is 5.96. The van der Waals surface area contributed by atoms with E-state index in [2.05, 4.69) is 53.5 Å². The fourth-order valence-electron chi connectivity index (χ4n) is 4.53.